The molecule has 98 valence electrons. The van der Waals surface area contributed by atoms with Crippen LogP contribution in [0.2, 0.25) is 0 Å². The van der Waals surface area contributed by atoms with Gasteiger partial charge in [-0.15, -0.1) is 11.3 Å². The zero-order valence-corrected chi connectivity index (χ0v) is 11.9. The summed E-state index contributed by atoms with van der Waals surface area (Å²) in [4.78, 5) is 1.27. The Bertz CT molecular complexity index is 397. The number of nitrogens with one attached hydrogen (secondary N) is 1. The monoisotopic (exact) mass is 262 g/mol. The van der Waals surface area contributed by atoms with Crippen LogP contribution >= 0.6 is 11.3 Å². The second kappa shape index (κ2) is 6.92. The number of hydrogen-bond donors (Lipinski definition) is 1. The van der Waals surface area contributed by atoms with Crippen molar-refractivity contribution in [2.75, 3.05) is 0 Å². The van der Waals surface area contributed by atoms with Crippen LogP contribution in [0.3, 0.4) is 0 Å². The Balaban J connectivity index is 1.80. The van der Waals surface area contributed by atoms with Gasteiger partial charge < -0.3 is 5.32 Å². The van der Waals surface area contributed by atoms with Gasteiger partial charge in [0.2, 0.25) is 0 Å². The van der Waals surface area contributed by atoms with Gasteiger partial charge >= 0.3 is 0 Å². The standard InChI is InChI=1S/C15H22N2S/c1-12(14-6-4-2-3-5-7-14)17-10-15-8-13(9-16)11-18-15/h8,11-12,14,17H,2-7,10H2,1H3/t12-/m1/s1. The van der Waals surface area contributed by atoms with Crippen molar-refractivity contribution in [3.63, 3.8) is 0 Å². The molecule has 18 heavy (non-hydrogen) atoms. The van der Waals surface area contributed by atoms with Gasteiger partial charge in [-0.2, -0.15) is 5.26 Å². The SMILES string of the molecule is C[C@@H](NCc1cc(C#N)cs1)C1CCCCCC1. The lowest BCUT2D eigenvalue weighted by Gasteiger charge is -2.23. The minimum absolute atomic E-state index is 0.593. The summed E-state index contributed by atoms with van der Waals surface area (Å²) >= 11 is 1.68. The predicted octanol–water partition coefficient (Wildman–Crippen LogP) is 4.07. The van der Waals surface area contributed by atoms with E-state index >= 15 is 0 Å². The third-order valence-corrected chi connectivity index (χ3v) is 4.92. The van der Waals surface area contributed by atoms with Crippen molar-refractivity contribution >= 4 is 11.3 Å². The molecule has 0 saturated heterocycles. The third kappa shape index (κ3) is 3.83. The second-order valence-electron chi connectivity index (χ2n) is 5.33. The van der Waals surface area contributed by atoms with Crippen molar-refractivity contribution in [2.45, 2.75) is 58.0 Å². The molecule has 1 aliphatic carbocycles. The van der Waals surface area contributed by atoms with E-state index in [0.29, 0.717) is 6.04 Å². The van der Waals surface area contributed by atoms with E-state index in [1.165, 1.54) is 43.4 Å². The number of nitriles is 1. The normalized spacial score (nSPS) is 19.1. The van der Waals surface area contributed by atoms with E-state index in [9.17, 15) is 0 Å². The van der Waals surface area contributed by atoms with Crippen molar-refractivity contribution in [1.29, 1.82) is 5.26 Å². The highest BCUT2D eigenvalue weighted by atomic mass is 32.1. The molecule has 0 aliphatic heterocycles. The van der Waals surface area contributed by atoms with E-state index in [0.717, 1.165) is 18.0 Å². The fourth-order valence-corrected chi connectivity index (χ4v) is 3.53. The molecule has 1 heterocycles. The molecule has 1 fully saturated rings. The molecule has 0 radical (unpaired) electrons. The summed E-state index contributed by atoms with van der Waals surface area (Å²) in [5.41, 5.74) is 0.791. The third-order valence-electron chi connectivity index (χ3n) is 3.99. The predicted molar refractivity (Wildman–Crippen MR) is 76.5 cm³/mol. The van der Waals surface area contributed by atoms with Gasteiger partial charge in [-0.3, -0.25) is 0 Å². The fraction of sp³-hybridized carbons (Fsp3) is 0.667. The van der Waals surface area contributed by atoms with Crippen molar-refractivity contribution in [1.82, 2.24) is 5.32 Å². The first-order valence-electron chi connectivity index (χ1n) is 7.00. The van der Waals surface area contributed by atoms with Gasteiger partial charge in [-0.1, -0.05) is 25.7 Å². The Kier molecular flexibility index (Phi) is 5.22. The van der Waals surface area contributed by atoms with Crippen LogP contribution in [-0.4, -0.2) is 6.04 Å². The molecule has 0 aromatic carbocycles. The first kappa shape index (κ1) is 13.6. The lowest BCUT2D eigenvalue weighted by Crippen LogP contribution is -2.32. The van der Waals surface area contributed by atoms with Crippen LogP contribution in [0.25, 0.3) is 0 Å². The Hall–Kier alpha value is -0.850. The highest BCUT2D eigenvalue weighted by molar-refractivity contribution is 7.10. The highest BCUT2D eigenvalue weighted by Gasteiger charge is 2.18. The van der Waals surface area contributed by atoms with E-state index in [1.807, 2.05) is 11.4 Å². The van der Waals surface area contributed by atoms with Crippen molar-refractivity contribution in [2.24, 2.45) is 5.92 Å². The van der Waals surface area contributed by atoms with Gasteiger partial charge in [0.1, 0.15) is 6.07 Å². The fourth-order valence-electron chi connectivity index (χ4n) is 2.77. The van der Waals surface area contributed by atoms with Gasteiger partial charge in [-0.05, 0) is 31.7 Å². The van der Waals surface area contributed by atoms with Crippen LogP contribution < -0.4 is 5.32 Å². The summed E-state index contributed by atoms with van der Waals surface area (Å²) in [6.45, 7) is 3.22. The van der Waals surface area contributed by atoms with Gasteiger partial charge in [-0.25, -0.2) is 0 Å². The maximum atomic E-state index is 8.80. The number of rotatable bonds is 4. The quantitative estimate of drug-likeness (QED) is 0.830. The van der Waals surface area contributed by atoms with E-state index < -0.39 is 0 Å². The molecular weight excluding hydrogens is 240 g/mol. The smallest absolute Gasteiger partial charge is 0.100 e. The molecule has 1 aliphatic rings. The van der Waals surface area contributed by atoms with Crippen LogP contribution in [0.4, 0.5) is 0 Å². The maximum absolute atomic E-state index is 8.80. The summed E-state index contributed by atoms with van der Waals surface area (Å²) in [5, 5.41) is 14.4. The Labute approximate surface area is 114 Å². The first-order chi connectivity index (χ1) is 8.79. The molecule has 1 aromatic rings. The number of nitrogens with zero attached hydrogens (tertiary/aromatic N) is 1. The van der Waals surface area contributed by atoms with E-state index in [1.54, 1.807) is 11.3 Å². The summed E-state index contributed by atoms with van der Waals surface area (Å²) in [5.74, 6) is 0.836. The first-order valence-corrected chi connectivity index (χ1v) is 7.88. The number of hydrogen-bond acceptors (Lipinski definition) is 3. The van der Waals surface area contributed by atoms with Crippen molar-refractivity contribution in [3.05, 3.63) is 21.9 Å². The molecule has 1 aromatic heterocycles. The van der Waals surface area contributed by atoms with E-state index in [2.05, 4.69) is 18.3 Å². The average molecular weight is 262 g/mol. The summed E-state index contributed by atoms with van der Waals surface area (Å²) in [6, 6.07) is 4.78. The Morgan fingerprint density at radius 1 is 1.39 bits per heavy atom. The molecule has 1 atom stereocenters. The van der Waals surface area contributed by atoms with Crippen LogP contribution in [0.1, 0.15) is 55.9 Å². The van der Waals surface area contributed by atoms with E-state index in [-0.39, 0.29) is 0 Å². The van der Waals surface area contributed by atoms with Gasteiger partial charge in [0, 0.05) is 22.8 Å². The molecule has 1 N–H and O–H groups in total. The maximum Gasteiger partial charge on any atom is 0.100 e. The molecule has 2 nitrogen and oxygen atoms in total. The van der Waals surface area contributed by atoms with Crippen molar-refractivity contribution in [3.8, 4) is 6.07 Å². The largest absolute Gasteiger partial charge is 0.309 e. The van der Waals surface area contributed by atoms with Crippen LogP contribution in [0.15, 0.2) is 11.4 Å². The topological polar surface area (TPSA) is 35.8 Å². The second-order valence-corrected chi connectivity index (χ2v) is 6.33. The summed E-state index contributed by atoms with van der Waals surface area (Å²) < 4.78 is 0. The Morgan fingerprint density at radius 2 is 2.11 bits per heavy atom. The molecule has 3 heteroatoms. The van der Waals surface area contributed by atoms with E-state index in [4.69, 9.17) is 5.26 Å². The minimum Gasteiger partial charge on any atom is -0.309 e. The van der Waals surface area contributed by atoms with Crippen LogP contribution in [0, 0.1) is 17.2 Å². The molecule has 0 bridgehead atoms. The highest BCUT2D eigenvalue weighted by Crippen LogP contribution is 2.25. The number of thiophene rings is 1. The van der Waals surface area contributed by atoms with Crippen molar-refractivity contribution < 1.29 is 0 Å². The molecule has 0 spiro atoms. The molecule has 1 saturated carbocycles. The van der Waals surface area contributed by atoms with Gasteiger partial charge in [0.25, 0.3) is 0 Å². The molecule has 0 unspecified atom stereocenters. The van der Waals surface area contributed by atoms with Crippen LogP contribution in [-0.2, 0) is 6.54 Å². The lowest BCUT2D eigenvalue weighted by atomic mass is 9.93. The van der Waals surface area contributed by atoms with Gasteiger partial charge in [0.15, 0.2) is 0 Å². The van der Waals surface area contributed by atoms with Gasteiger partial charge in [0.05, 0.1) is 5.56 Å². The van der Waals surface area contributed by atoms with Crippen LogP contribution in [0.5, 0.6) is 0 Å². The molecular formula is C15H22N2S. The average Bonchev–Trinajstić information content (AvgIpc) is 2.68. The lowest BCUT2D eigenvalue weighted by molar-refractivity contribution is 0.337. The molecule has 2 rings (SSSR count). The summed E-state index contributed by atoms with van der Waals surface area (Å²) in [7, 11) is 0. The Morgan fingerprint density at radius 3 is 2.72 bits per heavy atom. The molecule has 0 amide bonds. The minimum atomic E-state index is 0.593. The summed E-state index contributed by atoms with van der Waals surface area (Å²) in [6.07, 6.45) is 8.38. The zero-order valence-electron chi connectivity index (χ0n) is 11.1. The zero-order chi connectivity index (χ0) is 12.8.